The number of carbonyl (C=O) groups excluding carboxylic acids is 1. The van der Waals surface area contributed by atoms with Crippen LogP contribution in [0.25, 0.3) is 0 Å². The van der Waals surface area contributed by atoms with Gasteiger partial charge in [-0.25, -0.2) is 4.39 Å². The molecular weight excluding hydrogens is 405 g/mol. The summed E-state index contributed by atoms with van der Waals surface area (Å²) in [6.45, 7) is 0. The molecule has 140 valence electrons. The van der Waals surface area contributed by atoms with Gasteiger partial charge in [-0.2, -0.15) is 0 Å². The van der Waals surface area contributed by atoms with Gasteiger partial charge in [-0.15, -0.1) is 10.2 Å². The summed E-state index contributed by atoms with van der Waals surface area (Å²) in [7, 11) is 1.58. The molecule has 1 N–H and O–H groups in total. The van der Waals surface area contributed by atoms with Gasteiger partial charge in [-0.05, 0) is 29.8 Å². The minimum Gasteiger partial charge on any atom is -0.497 e. The van der Waals surface area contributed by atoms with Gasteiger partial charge < -0.3 is 10.1 Å². The van der Waals surface area contributed by atoms with Crippen molar-refractivity contribution in [3.8, 4) is 5.75 Å². The molecule has 9 heteroatoms. The van der Waals surface area contributed by atoms with Gasteiger partial charge in [0.1, 0.15) is 11.6 Å². The summed E-state index contributed by atoms with van der Waals surface area (Å²) < 4.78 is 19.6. The lowest BCUT2D eigenvalue weighted by atomic mass is 10.2. The normalized spacial score (nSPS) is 10.6. The molecule has 5 nitrogen and oxygen atoms in total. The van der Waals surface area contributed by atoms with Crippen LogP contribution >= 0.6 is 34.9 Å². The van der Waals surface area contributed by atoms with E-state index in [2.05, 4.69) is 15.5 Å². The fourth-order valence-corrected chi connectivity index (χ4v) is 4.84. The maximum absolute atomic E-state index is 12.9. The van der Waals surface area contributed by atoms with Crippen molar-refractivity contribution < 1.29 is 13.9 Å². The highest BCUT2D eigenvalue weighted by Crippen LogP contribution is 2.30. The zero-order valence-corrected chi connectivity index (χ0v) is 16.8. The highest BCUT2D eigenvalue weighted by molar-refractivity contribution is 8.03. The first-order chi connectivity index (χ1) is 13.1. The number of hydrogen-bond donors (Lipinski definition) is 1. The average molecular weight is 422 g/mol. The van der Waals surface area contributed by atoms with E-state index in [-0.39, 0.29) is 17.5 Å². The molecule has 0 aliphatic heterocycles. The third-order valence-electron chi connectivity index (χ3n) is 3.34. The number of ether oxygens (including phenoxy) is 1. The molecule has 0 atom stereocenters. The zero-order valence-electron chi connectivity index (χ0n) is 14.3. The highest BCUT2D eigenvalue weighted by Gasteiger charge is 2.09. The van der Waals surface area contributed by atoms with Crippen LogP contribution in [0.15, 0.2) is 57.2 Å². The van der Waals surface area contributed by atoms with Crippen molar-refractivity contribution >= 4 is 46.5 Å². The van der Waals surface area contributed by atoms with E-state index in [1.165, 1.54) is 47.0 Å². The number of benzene rings is 2. The first-order valence-corrected chi connectivity index (χ1v) is 10.7. The first kappa shape index (κ1) is 19.7. The summed E-state index contributed by atoms with van der Waals surface area (Å²) in [5.74, 6) is 1.26. The Morgan fingerprint density at radius 1 is 1.15 bits per heavy atom. The van der Waals surface area contributed by atoms with Crippen LogP contribution in [0.5, 0.6) is 5.75 Å². The average Bonchev–Trinajstić information content (AvgIpc) is 3.14. The molecule has 1 heterocycles. The second-order valence-electron chi connectivity index (χ2n) is 5.32. The predicted molar refractivity (Wildman–Crippen MR) is 108 cm³/mol. The quantitative estimate of drug-likeness (QED) is 0.532. The molecule has 27 heavy (non-hydrogen) atoms. The van der Waals surface area contributed by atoms with Crippen LogP contribution in [0, 0.1) is 5.82 Å². The van der Waals surface area contributed by atoms with E-state index < -0.39 is 0 Å². The molecule has 0 spiro atoms. The number of halogens is 1. The van der Waals surface area contributed by atoms with Gasteiger partial charge >= 0.3 is 0 Å². The van der Waals surface area contributed by atoms with Crippen LogP contribution in [0.2, 0.25) is 0 Å². The molecule has 1 amide bonds. The van der Waals surface area contributed by atoms with E-state index >= 15 is 0 Å². The third kappa shape index (κ3) is 6.23. The number of carbonyl (C=O) groups is 1. The fourth-order valence-electron chi connectivity index (χ4n) is 2.06. The molecule has 0 unspecified atom stereocenters. The predicted octanol–water partition coefficient (Wildman–Crippen LogP) is 4.71. The van der Waals surface area contributed by atoms with Gasteiger partial charge in [0.15, 0.2) is 8.68 Å². The Kier molecular flexibility index (Phi) is 7.08. The summed E-state index contributed by atoms with van der Waals surface area (Å²) in [5, 5.41) is 11.0. The van der Waals surface area contributed by atoms with E-state index in [1.54, 1.807) is 31.4 Å². The lowest BCUT2D eigenvalue weighted by molar-refractivity contribution is -0.113. The van der Waals surface area contributed by atoms with Crippen LogP contribution in [-0.2, 0) is 10.5 Å². The third-order valence-corrected chi connectivity index (χ3v) is 6.60. The minimum atomic E-state index is -0.245. The van der Waals surface area contributed by atoms with Crippen molar-refractivity contribution in [1.29, 1.82) is 0 Å². The number of nitrogens with one attached hydrogen (secondary N) is 1. The van der Waals surface area contributed by atoms with Gasteiger partial charge in [0.25, 0.3) is 0 Å². The second-order valence-corrected chi connectivity index (χ2v) is 8.74. The number of thioether (sulfide) groups is 2. The first-order valence-electron chi connectivity index (χ1n) is 7.90. The van der Waals surface area contributed by atoms with E-state index in [0.29, 0.717) is 17.2 Å². The maximum Gasteiger partial charge on any atom is 0.234 e. The Morgan fingerprint density at radius 3 is 2.63 bits per heavy atom. The Labute approximate surface area is 168 Å². The molecule has 3 rings (SSSR count). The number of aromatic nitrogens is 2. The maximum atomic E-state index is 12.9. The number of anilines is 1. The van der Waals surface area contributed by atoms with Crippen molar-refractivity contribution in [3.63, 3.8) is 0 Å². The molecule has 1 aromatic heterocycles. The van der Waals surface area contributed by atoms with E-state index in [0.717, 1.165) is 14.2 Å². The Bertz CT molecular complexity index is 903. The molecular formula is C18H16FN3O2S3. The monoisotopic (exact) mass is 421 g/mol. The summed E-state index contributed by atoms with van der Waals surface area (Å²) >= 11 is 4.32. The number of rotatable bonds is 8. The molecule has 0 radical (unpaired) electrons. The summed E-state index contributed by atoms with van der Waals surface area (Å²) in [6.07, 6.45) is 0. The topological polar surface area (TPSA) is 64.1 Å². The van der Waals surface area contributed by atoms with Crippen molar-refractivity contribution in [2.45, 2.75) is 14.4 Å². The Balaban J connectivity index is 1.45. The molecule has 2 aromatic carbocycles. The molecule has 0 saturated carbocycles. The molecule has 0 aliphatic carbocycles. The molecule has 3 aromatic rings. The standard InChI is InChI=1S/C18H16FN3O2S3/c1-24-15-4-2-3-14(9-15)20-16(23)11-26-18-22-21-17(27-18)25-10-12-5-7-13(19)8-6-12/h2-9H,10-11H2,1H3,(H,20,23). The fraction of sp³-hybridized carbons (Fsp3) is 0.167. The molecule has 0 saturated heterocycles. The smallest absolute Gasteiger partial charge is 0.234 e. The lowest BCUT2D eigenvalue weighted by Gasteiger charge is -2.06. The number of hydrogen-bond acceptors (Lipinski definition) is 7. The van der Waals surface area contributed by atoms with Gasteiger partial charge in [0, 0.05) is 17.5 Å². The van der Waals surface area contributed by atoms with Crippen LogP contribution in [0.1, 0.15) is 5.56 Å². The van der Waals surface area contributed by atoms with Gasteiger partial charge in [0.05, 0.1) is 12.9 Å². The SMILES string of the molecule is COc1cccc(NC(=O)CSc2nnc(SCc3ccc(F)cc3)s2)c1. The molecule has 0 bridgehead atoms. The lowest BCUT2D eigenvalue weighted by Crippen LogP contribution is -2.13. The molecule has 0 aliphatic rings. The second kappa shape index (κ2) is 9.72. The Morgan fingerprint density at radius 2 is 1.89 bits per heavy atom. The highest BCUT2D eigenvalue weighted by atomic mass is 32.2. The van der Waals surface area contributed by atoms with Crippen molar-refractivity contribution in [3.05, 3.63) is 59.9 Å². The van der Waals surface area contributed by atoms with Gasteiger partial charge in [0.2, 0.25) is 5.91 Å². The largest absolute Gasteiger partial charge is 0.497 e. The van der Waals surface area contributed by atoms with Crippen LogP contribution in [0.4, 0.5) is 10.1 Å². The molecule has 0 fully saturated rings. The van der Waals surface area contributed by atoms with Crippen molar-refractivity contribution in [2.24, 2.45) is 0 Å². The number of nitrogens with zero attached hydrogens (tertiary/aromatic N) is 2. The van der Waals surface area contributed by atoms with Crippen LogP contribution < -0.4 is 10.1 Å². The van der Waals surface area contributed by atoms with E-state index in [1.807, 2.05) is 12.1 Å². The summed E-state index contributed by atoms with van der Waals surface area (Å²) in [5.41, 5.74) is 1.70. The van der Waals surface area contributed by atoms with Crippen molar-refractivity contribution in [1.82, 2.24) is 10.2 Å². The number of methoxy groups -OCH3 is 1. The van der Waals surface area contributed by atoms with Gasteiger partial charge in [-0.1, -0.05) is 53.1 Å². The van der Waals surface area contributed by atoms with E-state index in [9.17, 15) is 9.18 Å². The number of amides is 1. The summed E-state index contributed by atoms with van der Waals surface area (Å²) in [4.78, 5) is 12.1. The van der Waals surface area contributed by atoms with Gasteiger partial charge in [-0.3, -0.25) is 4.79 Å². The minimum absolute atomic E-state index is 0.121. The van der Waals surface area contributed by atoms with Crippen molar-refractivity contribution in [2.75, 3.05) is 18.2 Å². The summed E-state index contributed by atoms with van der Waals surface area (Å²) in [6, 6.07) is 13.6. The zero-order chi connectivity index (χ0) is 19.1. The Hall–Kier alpha value is -2.10. The van der Waals surface area contributed by atoms with Crippen LogP contribution in [-0.4, -0.2) is 29.0 Å². The van der Waals surface area contributed by atoms with Crippen LogP contribution in [0.3, 0.4) is 0 Å². The van der Waals surface area contributed by atoms with E-state index in [4.69, 9.17) is 4.74 Å².